The summed E-state index contributed by atoms with van der Waals surface area (Å²) in [6, 6.07) is 5.70. The lowest BCUT2D eigenvalue weighted by Gasteiger charge is -2.14. The number of hydrogen-bond donors (Lipinski definition) is 1. The van der Waals surface area contributed by atoms with Crippen LogP contribution in [0.15, 0.2) is 29.2 Å². The summed E-state index contributed by atoms with van der Waals surface area (Å²) in [6.45, 7) is 4.14. The molecule has 25 heavy (non-hydrogen) atoms. The number of rotatable bonds is 7. The summed E-state index contributed by atoms with van der Waals surface area (Å²) < 4.78 is 25.2. The van der Waals surface area contributed by atoms with Gasteiger partial charge in [-0.3, -0.25) is 14.9 Å². The fourth-order valence-corrected chi connectivity index (χ4v) is 3.92. The van der Waals surface area contributed by atoms with Crippen molar-refractivity contribution in [2.24, 2.45) is 5.92 Å². The van der Waals surface area contributed by atoms with Gasteiger partial charge in [-0.15, -0.1) is 10.2 Å². The molecular formula is C15H20N4O4S2. The predicted octanol–water partition coefficient (Wildman–Crippen LogP) is 2.17. The van der Waals surface area contributed by atoms with E-state index in [0.29, 0.717) is 11.0 Å². The summed E-state index contributed by atoms with van der Waals surface area (Å²) in [4.78, 5) is 17.0. The fourth-order valence-electron chi connectivity index (χ4n) is 1.95. The zero-order valence-electron chi connectivity index (χ0n) is 14.4. The Bertz CT molecular complexity index is 849. The number of benzene rings is 1. The summed E-state index contributed by atoms with van der Waals surface area (Å²) in [5.41, 5.74) is 0.200. The van der Waals surface area contributed by atoms with Crippen LogP contribution in [0.5, 0.6) is 0 Å². The van der Waals surface area contributed by atoms with Crippen molar-refractivity contribution < 1.29 is 18.0 Å². The molecule has 1 aromatic carbocycles. The maximum absolute atomic E-state index is 12.4. The first-order chi connectivity index (χ1) is 11.7. The van der Waals surface area contributed by atoms with E-state index < -0.39 is 15.9 Å². The highest BCUT2D eigenvalue weighted by Crippen LogP contribution is 2.20. The third-order valence-corrected chi connectivity index (χ3v) is 5.80. The van der Waals surface area contributed by atoms with E-state index in [1.807, 2.05) is 0 Å². The quantitative estimate of drug-likeness (QED) is 0.734. The summed E-state index contributed by atoms with van der Waals surface area (Å²) >= 11 is 1.30. The number of amides is 1. The predicted molar refractivity (Wildman–Crippen MR) is 94.8 cm³/mol. The number of aromatic nitrogens is 2. The lowest BCUT2D eigenvalue weighted by atomic mass is 10.1. The molecule has 0 atom stereocenters. The maximum atomic E-state index is 12.4. The van der Waals surface area contributed by atoms with Crippen LogP contribution < -0.4 is 5.32 Å². The highest BCUT2D eigenvalue weighted by atomic mass is 32.2. The molecule has 1 amide bonds. The van der Waals surface area contributed by atoms with Gasteiger partial charge in [-0.05, 0) is 24.1 Å². The van der Waals surface area contributed by atoms with Crippen LogP contribution in [0.3, 0.4) is 0 Å². The van der Waals surface area contributed by atoms with Gasteiger partial charge in [-0.1, -0.05) is 35.7 Å². The molecule has 1 N–H and O–H groups in total. The largest absolute Gasteiger partial charge is 0.296 e. The summed E-state index contributed by atoms with van der Waals surface area (Å²) in [5.74, 6) is -0.0134. The lowest BCUT2D eigenvalue weighted by Crippen LogP contribution is -2.26. The van der Waals surface area contributed by atoms with Crippen LogP contribution in [0.2, 0.25) is 0 Å². The zero-order chi connectivity index (χ0) is 18.6. The number of sulfonamides is 1. The second-order valence-corrected chi connectivity index (χ2v) is 8.68. The molecule has 8 nitrogen and oxygen atoms in total. The molecule has 0 aliphatic heterocycles. The Labute approximate surface area is 150 Å². The molecule has 0 saturated heterocycles. The van der Waals surface area contributed by atoms with Crippen LogP contribution >= 0.6 is 11.3 Å². The van der Waals surface area contributed by atoms with E-state index in [0.717, 1.165) is 15.9 Å². The smallest absolute Gasteiger partial charge is 0.264 e. The van der Waals surface area contributed by atoms with Gasteiger partial charge >= 0.3 is 0 Å². The molecule has 1 heterocycles. The third kappa shape index (κ3) is 4.82. The van der Waals surface area contributed by atoms with Crippen molar-refractivity contribution in [1.29, 1.82) is 0 Å². The third-order valence-electron chi connectivity index (χ3n) is 3.26. The van der Waals surface area contributed by atoms with Crippen LogP contribution in [-0.4, -0.2) is 43.1 Å². The first kappa shape index (κ1) is 19.4. The molecule has 136 valence electrons. The van der Waals surface area contributed by atoms with Gasteiger partial charge in [-0.2, -0.15) is 0 Å². The molecule has 0 saturated carbocycles. The lowest BCUT2D eigenvalue weighted by molar-refractivity contribution is -0.0258. The van der Waals surface area contributed by atoms with Crippen LogP contribution in [0.4, 0.5) is 5.13 Å². The van der Waals surface area contributed by atoms with E-state index in [1.54, 1.807) is 0 Å². The monoisotopic (exact) mass is 384 g/mol. The molecule has 1 aromatic heterocycles. The molecule has 0 radical (unpaired) electrons. The first-order valence-electron chi connectivity index (χ1n) is 7.51. The minimum atomic E-state index is -3.82. The number of anilines is 1. The van der Waals surface area contributed by atoms with Crippen LogP contribution in [0.25, 0.3) is 0 Å². The number of nitrogens with zero attached hydrogens (tertiary/aromatic N) is 3. The average molecular weight is 384 g/mol. The molecule has 0 spiro atoms. The number of hydroxylamine groups is 1. The van der Waals surface area contributed by atoms with Crippen molar-refractivity contribution in [2.45, 2.75) is 25.2 Å². The average Bonchev–Trinajstić information content (AvgIpc) is 3.00. The van der Waals surface area contributed by atoms with Gasteiger partial charge in [0.05, 0.1) is 12.0 Å². The van der Waals surface area contributed by atoms with E-state index >= 15 is 0 Å². The van der Waals surface area contributed by atoms with Crippen molar-refractivity contribution in [3.05, 3.63) is 34.8 Å². The first-order valence-corrected chi connectivity index (χ1v) is 9.76. The second kappa shape index (κ2) is 8.00. The number of nitrogens with one attached hydrogen (secondary N) is 1. The second-order valence-electron chi connectivity index (χ2n) is 5.68. The Hall–Kier alpha value is -1.88. The minimum Gasteiger partial charge on any atom is -0.296 e. The Morgan fingerprint density at radius 2 is 2.08 bits per heavy atom. The SMILES string of the molecule is CON(C)S(=O)(=O)c1cccc(C(=O)Nc2nnc(CC(C)C)s2)c1. The van der Waals surface area contributed by atoms with Crippen LogP contribution in [-0.2, 0) is 21.3 Å². The van der Waals surface area contributed by atoms with Crippen molar-refractivity contribution >= 4 is 32.4 Å². The molecule has 2 rings (SSSR count). The highest BCUT2D eigenvalue weighted by Gasteiger charge is 2.22. The Kier molecular flexibility index (Phi) is 6.22. The molecule has 0 fully saturated rings. The minimum absolute atomic E-state index is 0.0396. The highest BCUT2D eigenvalue weighted by molar-refractivity contribution is 7.89. The Morgan fingerprint density at radius 1 is 1.36 bits per heavy atom. The van der Waals surface area contributed by atoms with Gasteiger partial charge in [0, 0.05) is 19.0 Å². The van der Waals surface area contributed by atoms with E-state index in [1.165, 1.54) is 49.8 Å². The summed E-state index contributed by atoms with van der Waals surface area (Å²) in [7, 11) is -1.30. The van der Waals surface area contributed by atoms with Gasteiger partial charge in [-0.25, -0.2) is 8.42 Å². The number of carbonyl (C=O) groups is 1. The van der Waals surface area contributed by atoms with E-state index in [2.05, 4.69) is 29.4 Å². The molecule has 0 unspecified atom stereocenters. The van der Waals surface area contributed by atoms with Gasteiger partial charge in [0.1, 0.15) is 5.01 Å². The molecule has 2 aromatic rings. The van der Waals surface area contributed by atoms with E-state index in [-0.39, 0.29) is 10.5 Å². The van der Waals surface area contributed by atoms with Crippen molar-refractivity contribution in [3.8, 4) is 0 Å². The Morgan fingerprint density at radius 3 is 2.72 bits per heavy atom. The normalized spacial score (nSPS) is 11.9. The van der Waals surface area contributed by atoms with Crippen molar-refractivity contribution in [3.63, 3.8) is 0 Å². The number of hydrogen-bond acceptors (Lipinski definition) is 7. The van der Waals surface area contributed by atoms with Gasteiger partial charge in [0.2, 0.25) is 5.13 Å². The summed E-state index contributed by atoms with van der Waals surface area (Å²) in [5, 5.41) is 11.8. The van der Waals surface area contributed by atoms with Gasteiger partial charge < -0.3 is 0 Å². The fraction of sp³-hybridized carbons (Fsp3) is 0.400. The van der Waals surface area contributed by atoms with Crippen LogP contribution in [0.1, 0.15) is 29.2 Å². The molecule has 0 bridgehead atoms. The standard InChI is InChI=1S/C15H20N4O4S2/c1-10(2)8-13-17-18-15(24-13)16-14(20)11-6-5-7-12(9-11)25(21,22)19(3)23-4/h5-7,9-10H,8H2,1-4H3,(H,16,18,20). The topological polar surface area (TPSA) is 101 Å². The Balaban J connectivity index is 2.18. The molecular weight excluding hydrogens is 364 g/mol. The number of carbonyl (C=O) groups excluding carboxylic acids is 1. The van der Waals surface area contributed by atoms with Crippen molar-refractivity contribution in [1.82, 2.24) is 14.7 Å². The summed E-state index contributed by atoms with van der Waals surface area (Å²) in [6.07, 6.45) is 0.782. The van der Waals surface area contributed by atoms with Gasteiger partial charge in [0.15, 0.2) is 0 Å². The molecule has 0 aliphatic carbocycles. The van der Waals surface area contributed by atoms with Crippen LogP contribution in [0, 0.1) is 5.92 Å². The molecule has 10 heteroatoms. The zero-order valence-corrected chi connectivity index (χ0v) is 16.0. The van der Waals surface area contributed by atoms with E-state index in [4.69, 9.17) is 4.84 Å². The van der Waals surface area contributed by atoms with Crippen molar-refractivity contribution in [2.75, 3.05) is 19.5 Å². The van der Waals surface area contributed by atoms with Gasteiger partial charge in [0.25, 0.3) is 15.9 Å². The molecule has 0 aliphatic rings. The van der Waals surface area contributed by atoms with E-state index in [9.17, 15) is 13.2 Å². The maximum Gasteiger partial charge on any atom is 0.264 e.